The fourth-order valence-electron chi connectivity index (χ4n) is 0.770. The zero-order valence-corrected chi connectivity index (χ0v) is 10.4. The molecule has 0 aliphatic carbocycles. The third-order valence-corrected chi connectivity index (χ3v) is 3.21. The SMILES string of the molecule is CCCCO.CCC[CH2][Al]([CH3])[CH3]. The zero-order valence-electron chi connectivity index (χ0n) is 9.27. The molecule has 12 heavy (non-hydrogen) atoms. The number of aliphatic hydroxyl groups is 1. The lowest BCUT2D eigenvalue weighted by molar-refractivity contribution is 0.287. The Hall–Kier alpha value is 0.492. The van der Waals surface area contributed by atoms with E-state index in [9.17, 15) is 0 Å². The van der Waals surface area contributed by atoms with E-state index in [1.165, 1.54) is 18.1 Å². The Labute approximate surface area is 82.6 Å². The normalized spacial score (nSPS) is 8.75. The average Bonchev–Trinajstić information content (AvgIpc) is 2.03. The molecule has 0 spiro atoms. The van der Waals surface area contributed by atoms with Crippen LogP contribution in [0, 0.1) is 0 Å². The highest BCUT2D eigenvalue weighted by molar-refractivity contribution is 6.55. The molecular formula is C10H25AlO. The number of hydrogen-bond acceptors (Lipinski definition) is 1. The van der Waals surface area contributed by atoms with Gasteiger partial charge in [-0.3, -0.25) is 0 Å². The Morgan fingerprint density at radius 1 is 1.00 bits per heavy atom. The quantitative estimate of drug-likeness (QED) is 0.656. The number of aliphatic hydroxyl groups excluding tert-OH is 1. The van der Waals surface area contributed by atoms with Crippen molar-refractivity contribution in [2.75, 3.05) is 6.61 Å². The summed E-state index contributed by atoms with van der Waals surface area (Å²) >= 11 is -0.188. The van der Waals surface area contributed by atoms with Crippen LogP contribution in [0.2, 0.25) is 16.9 Å². The van der Waals surface area contributed by atoms with Crippen molar-refractivity contribution in [3.8, 4) is 0 Å². The van der Waals surface area contributed by atoms with Crippen molar-refractivity contribution in [3.05, 3.63) is 0 Å². The number of hydrogen-bond donors (Lipinski definition) is 1. The second-order valence-corrected chi connectivity index (χ2v) is 6.98. The van der Waals surface area contributed by atoms with E-state index in [4.69, 9.17) is 5.11 Å². The molecule has 0 radical (unpaired) electrons. The Bertz CT molecular complexity index is 62.9. The molecule has 74 valence electrons. The first-order valence-electron chi connectivity index (χ1n) is 5.29. The first kappa shape index (κ1) is 15.0. The molecule has 1 nitrogen and oxygen atoms in total. The molecule has 0 aliphatic rings. The van der Waals surface area contributed by atoms with Crippen molar-refractivity contribution < 1.29 is 5.11 Å². The summed E-state index contributed by atoms with van der Waals surface area (Å²) in [5.74, 6) is 4.82. The summed E-state index contributed by atoms with van der Waals surface area (Å²) in [5, 5.41) is 9.60. The van der Waals surface area contributed by atoms with Gasteiger partial charge in [-0.1, -0.05) is 38.4 Å². The highest BCUT2D eigenvalue weighted by Crippen LogP contribution is 1.98. The van der Waals surface area contributed by atoms with Gasteiger partial charge in [0, 0.05) is 6.61 Å². The van der Waals surface area contributed by atoms with Crippen LogP contribution in [-0.4, -0.2) is 25.9 Å². The molecule has 0 rings (SSSR count). The monoisotopic (exact) mass is 188 g/mol. The van der Waals surface area contributed by atoms with E-state index >= 15 is 0 Å². The first-order valence-corrected chi connectivity index (χ1v) is 8.42. The molecule has 0 aromatic heterocycles. The molecule has 0 unspecified atom stereocenters. The first-order chi connectivity index (χ1) is 5.68. The minimum Gasteiger partial charge on any atom is -0.396 e. The van der Waals surface area contributed by atoms with Gasteiger partial charge >= 0.3 is 0 Å². The fraction of sp³-hybridized carbons (Fsp3) is 1.00. The molecule has 0 heterocycles. The molecule has 0 aromatic carbocycles. The maximum Gasteiger partial charge on any atom is 0.255 e. The molecule has 0 saturated carbocycles. The molecule has 0 aliphatic heterocycles. The van der Waals surface area contributed by atoms with Gasteiger partial charge in [0.15, 0.2) is 0 Å². The Balaban J connectivity index is 0. The van der Waals surface area contributed by atoms with E-state index in [0.29, 0.717) is 6.61 Å². The van der Waals surface area contributed by atoms with Crippen molar-refractivity contribution >= 4 is 14.1 Å². The van der Waals surface area contributed by atoms with Crippen molar-refractivity contribution in [3.63, 3.8) is 0 Å². The predicted molar refractivity (Wildman–Crippen MR) is 59.2 cm³/mol. The molecule has 0 amide bonds. The van der Waals surface area contributed by atoms with Crippen LogP contribution in [0.4, 0.5) is 0 Å². The van der Waals surface area contributed by atoms with Gasteiger partial charge in [0.1, 0.15) is 0 Å². The summed E-state index contributed by atoms with van der Waals surface area (Å²) in [6, 6.07) is 0. The smallest absolute Gasteiger partial charge is 0.255 e. The molecule has 0 fully saturated rings. The van der Waals surface area contributed by atoms with Crippen molar-refractivity contribution in [2.24, 2.45) is 0 Å². The maximum absolute atomic E-state index is 8.07. The Morgan fingerprint density at radius 2 is 1.50 bits per heavy atom. The molecule has 1 N–H and O–H groups in total. The Morgan fingerprint density at radius 3 is 1.58 bits per heavy atom. The topological polar surface area (TPSA) is 20.2 Å². The minimum atomic E-state index is -0.188. The van der Waals surface area contributed by atoms with E-state index < -0.39 is 0 Å². The molecule has 0 atom stereocenters. The third-order valence-electron chi connectivity index (χ3n) is 1.65. The van der Waals surface area contributed by atoms with Gasteiger partial charge in [-0.15, -0.1) is 11.6 Å². The van der Waals surface area contributed by atoms with E-state index in [1.54, 1.807) is 0 Å². The van der Waals surface area contributed by atoms with Crippen LogP contribution in [-0.2, 0) is 0 Å². The van der Waals surface area contributed by atoms with Crippen LogP contribution in [0.5, 0.6) is 0 Å². The summed E-state index contributed by atoms with van der Waals surface area (Å²) in [6.07, 6.45) is 4.88. The van der Waals surface area contributed by atoms with Crippen molar-refractivity contribution in [1.29, 1.82) is 0 Å². The minimum absolute atomic E-state index is 0.188. The van der Waals surface area contributed by atoms with Crippen LogP contribution >= 0.6 is 0 Å². The van der Waals surface area contributed by atoms with Crippen LogP contribution in [0.25, 0.3) is 0 Å². The summed E-state index contributed by atoms with van der Waals surface area (Å²) in [6.45, 7) is 4.66. The standard InChI is InChI=1S/C4H10O.C4H9.2CH3.Al/c1-2-3-4-5;1-3-4-2;;;/h5H,2-4H2,1H3;1,3-4H2,2H3;2*1H3;. The second kappa shape index (κ2) is 14.0. The molecular weight excluding hydrogens is 163 g/mol. The van der Waals surface area contributed by atoms with Crippen LogP contribution in [0.3, 0.4) is 0 Å². The van der Waals surface area contributed by atoms with Crippen molar-refractivity contribution in [2.45, 2.75) is 56.4 Å². The van der Waals surface area contributed by atoms with Gasteiger partial charge in [-0.25, -0.2) is 0 Å². The second-order valence-electron chi connectivity index (χ2n) is 3.61. The summed E-state index contributed by atoms with van der Waals surface area (Å²) < 4.78 is 0. The van der Waals surface area contributed by atoms with Crippen LogP contribution in [0.15, 0.2) is 0 Å². The predicted octanol–water partition coefficient (Wildman–Crippen LogP) is 3.32. The van der Waals surface area contributed by atoms with Crippen LogP contribution in [0.1, 0.15) is 39.5 Å². The van der Waals surface area contributed by atoms with Gasteiger partial charge < -0.3 is 5.11 Å². The van der Waals surface area contributed by atoms with E-state index in [0.717, 1.165) is 12.8 Å². The van der Waals surface area contributed by atoms with Gasteiger partial charge in [0.05, 0.1) is 0 Å². The summed E-state index contributed by atoms with van der Waals surface area (Å²) in [5.41, 5.74) is 0. The van der Waals surface area contributed by atoms with Gasteiger partial charge in [0.2, 0.25) is 0 Å². The van der Waals surface area contributed by atoms with Crippen LogP contribution < -0.4 is 0 Å². The zero-order chi connectivity index (χ0) is 9.82. The van der Waals surface area contributed by atoms with Crippen molar-refractivity contribution in [1.82, 2.24) is 0 Å². The van der Waals surface area contributed by atoms with Gasteiger partial charge in [0.25, 0.3) is 14.1 Å². The highest BCUT2D eigenvalue weighted by atomic mass is 27.2. The summed E-state index contributed by atoms with van der Waals surface area (Å²) in [4.78, 5) is 0. The molecule has 0 aromatic rings. The van der Waals surface area contributed by atoms with E-state index in [-0.39, 0.29) is 14.1 Å². The average molecular weight is 188 g/mol. The molecule has 0 bridgehead atoms. The highest BCUT2D eigenvalue weighted by Gasteiger charge is 1.97. The lowest BCUT2D eigenvalue weighted by Crippen LogP contribution is -1.96. The lowest BCUT2D eigenvalue weighted by Gasteiger charge is -1.92. The largest absolute Gasteiger partial charge is 0.396 e. The van der Waals surface area contributed by atoms with E-state index in [2.05, 4.69) is 25.4 Å². The Kier molecular flexibility index (Phi) is 17.5. The third kappa shape index (κ3) is 22.4. The fourth-order valence-corrected chi connectivity index (χ4v) is 2.00. The number of unbranched alkanes of at least 4 members (excludes halogenated alkanes) is 2. The number of rotatable bonds is 5. The molecule has 0 saturated heterocycles. The van der Waals surface area contributed by atoms with E-state index in [1.807, 2.05) is 0 Å². The molecule has 2 heteroatoms. The van der Waals surface area contributed by atoms with Gasteiger partial charge in [-0.2, -0.15) is 0 Å². The maximum atomic E-state index is 8.07. The van der Waals surface area contributed by atoms with Gasteiger partial charge in [-0.05, 0) is 6.42 Å². The summed E-state index contributed by atoms with van der Waals surface area (Å²) in [7, 11) is 0. The lowest BCUT2D eigenvalue weighted by atomic mass is 10.4.